The van der Waals surface area contributed by atoms with E-state index >= 15 is 0 Å². The topological polar surface area (TPSA) is 23.8 Å². The molecule has 0 atom stereocenters. The Morgan fingerprint density at radius 1 is 1.06 bits per heavy atom. The number of nitrogens with zero attached hydrogens (tertiary/aromatic N) is 1. The molecular formula is C16H31N. The largest absolute Gasteiger partial charge is 0.192 e. The number of hydrogen-bond donors (Lipinski definition) is 0. The van der Waals surface area contributed by atoms with Crippen LogP contribution in [0.4, 0.5) is 0 Å². The number of benzene rings is 1. The number of hydrogen-bond acceptors (Lipinski definition) is 1. The summed E-state index contributed by atoms with van der Waals surface area (Å²) in [5, 5.41) is 8.78. The van der Waals surface area contributed by atoms with Crippen molar-refractivity contribution in [2.24, 2.45) is 0 Å². The predicted molar refractivity (Wildman–Crippen MR) is 81.4 cm³/mol. The lowest BCUT2D eigenvalue weighted by Crippen LogP contribution is -1.89. The summed E-state index contributed by atoms with van der Waals surface area (Å²) >= 11 is 0. The summed E-state index contributed by atoms with van der Waals surface area (Å²) in [5.41, 5.74) is 3.06. The Morgan fingerprint density at radius 2 is 1.53 bits per heavy atom. The highest BCUT2D eigenvalue weighted by Gasteiger charge is 2.00. The smallest absolute Gasteiger partial charge is 0.0997 e. The van der Waals surface area contributed by atoms with Gasteiger partial charge in [0.05, 0.1) is 11.6 Å². The Kier molecular flexibility index (Phi) is 21.5. The fraction of sp³-hybridized carbons (Fsp3) is 0.562. The van der Waals surface area contributed by atoms with Crippen molar-refractivity contribution in [2.75, 3.05) is 0 Å². The molecule has 0 spiro atoms. The van der Waals surface area contributed by atoms with E-state index in [9.17, 15) is 0 Å². The van der Waals surface area contributed by atoms with Gasteiger partial charge in [-0.05, 0) is 24.5 Å². The van der Waals surface area contributed by atoms with E-state index in [2.05, 4.69) is 26.8 Å². The second kappa shape index (κ2) is 14.7. The highest BCUT2D eigenvalue weighted by Crippen LogP contribution is 2.12. The molecule has 1 rings (SSSR count). The van der Waals surface area contributed by atoms with Gasteiger partial charge < -0.3 is 0 Å². The Labute approximate surface area is 109 Å². The first-order chi connectivity index (χ1) is 6.71. The van der Waals surface area contributed by atoms with Crippen molar-refractivity contribution >= 4 is 0 Å². The molecule has 100 valence electrons. The second-order valence-electron chi connectivity index (χ2n) is 3.28. The van der Waals surface area contributed by atoms with Crippen molar-refractivity contribution < 1.29 is 0 Å². The lowest BCUT2D eigenvalue weighted by Gasteiger charge is -2.01. The van der Waals surface area contributed by atoms with Crippen LogP contribution in [0.2, 0.25) is 0 Å². The maximum Gasteiger partial charge on any atom is 0.0997 e. The third-order valence-electron chi connectivity index (χ3n) is 1.85. The van der Waals surface area contributed by atoms with Crippen LogP contribution in [0.5, 0.6) is 0 Å². The molecule has 0 fully saturated rings. The van der Waals surface area contributed by atoms with Gasteiger partial charge in [-0.15, -0.1) is 0 Å². The van der Waals surface area contributed by atoms with Crippen LogP contribution < -0.4 is 0 Å². The molecule has 0 aromatic heterocycles. The fourth-order valence-corrected chi connectivity index (χ4v) is 1.18. The first-order valence-corrected chi connectivity index (χ1v) is 5.19. The van der Waals surface area contributed by atoms with E-state index in [0.717, 1.165) is 23.1 Å². The standard InChI is InChI=1S/C10H11N.C3H8.3CH4/c1-3-9-6-4-5-8(2)10(9)7-11;1-3-2;;;/h4-6H,3H2,1-2H3;3H2,1-2H3;3*1H4. The van der Waals surface area contributed by atoms with Gasteiger partial charge in [0, 0.05) is 0 Å². The maximum atomic E-state index is 8.78. The Morgan fingerprint density at radius 3 is 1.82 bits per heavy atom. The molecule has 1 aromatic carbocycles. The van der Waals surface area contributed by atoms with Gasteiger partial charge in [-0.3, -0.25) is 0 Å². The van der Waals surface area contributed by atoms with Gasteiger partial charge in [-0.1, -0.05) is 67.7 Å². The minimum Gasteiger partial charge on any atom is -0.192 e. The van der Waals surface area contributed by atoms with Crippen LogP contribution in [0.1, 0.15) is 66.2 Å². The SMILES string of the molecule is C.C.C.CCC.CCc1cccc(C)c1C#N. The molecule has 0 aliphatic rings. The molecule has 0 amide bonds. The second-order valence-corrected chi connectivity index (χ2v) is 3.28. The van der Waals surface area contributed by atoms with Crippen molar-refractivity contribution in [3.63, 3.8) is 0 Å². The number of aryl methyl sites for hydroxylation is 2. The van der Waals surface area contributed by atoms with Crippen molar-refractivity contribution in [2.45, 2.75) is 62.8 Å². The van der Waals surface area contributed by atoms with Gasteiger partial charge in [0.2, 0.25) is 0 Å². The zero-order chi connectivity index (χ0) is 11.0. The molecule has 0 aliphatic heterocycles. The molecule has 0 aliphatic carbocycles. The lowest BCUT2D eigenvalue weighted by molar-refractivity contribution is 1.09. The molecule has 0 bridgehead atoms. The van der Waals surface area contributed by atoms with E-state index in [-0.39, 0.29) is 22.3 Å². The molecule has 1 heteroatoms. The number of nitriles is 1. The average molecular weight is 237 g/mol. The molecule has 0 unspecified atom stereocenters. The lowest BCUT2D eigenvalue weighted by atomic mass is 10.0. The Bertz CT molecular complexity index is 308. The highest BCUT2D eigenvalue weighted by atomic mass is 14.2. The quantitative estimate of drug-likeness (QED) is 0.609. The minimum atomic E-state index is 0. The van der Waals surface area contributed by atoms with Gasteiger partial charge >= 0.3 is 0 Å². The third kappa shape index (κ3) is 8.51. The predicted octanol–water partition coefficient (Wildman–Crippen LogP) is 5.75. The van der Waals surface area contributed by atoms with Crippen LogP contribution in [0.25, 0.3) is 0 Å². The van der Waals surface area contributed by atoms with E-state index in [0.29, 0.717) is 0 Å². The summed E-state index contributed by atoms with van der Waals surface area (Å²) in [7, 11) is 0. The summed E-state index contributed by atoms with van der Waals surface area (Å²) in [5.74, 6) is 0. The Balaban J connectivity index is -0.000000128. The van der Waals surface area contributed by atoms with Crippen LogP contribution in [-0.2, 0) is 6.42 Å². The summed E-state index contributed by atoms with van der Waals surface area (Å²) < 4.78 is 0. The van der Waals surface area contributed by atoms with Crippen LogP contribution in [0.3, 0.4) is 0 Å². The van der Waals surface area contributed by atoms with Crippen LogP contribution >= 0.6 is 0 Å². The molecule has 0 N–H and O–H groups in total. The molecular weight excluding hydrogens is 206 g/mol. The van der Waals surface area contributed by atoms with Crippen molar-refractivity contribution in [3.8, 4) is 6.07 Å². The molecule has 1 nitrogen and oxygen atoms in total. The van der Waals surface area contributed by atoms with E-state index in [1.807, 2.05) is 25.1 Å². The monoisotopic (exact) mass is 237 g/mol. The average Bonchev–Trinajstić information content (AvgIpc) is 2.18. The van der Waals surface area contributed by atoms with Gasteiger partial charge in [-0.2, -0.15) is 5.26 Å². The van der Waals surface area contributed by atoms with Gasteiger partial charge in [0.15, 0.2) is 0 Å². The summed E-state index contributed by atoms with van der Waals surface area (Å²) in [6.07, 6.45) is 2.19. The molecule has 0 saturated heterocycles. The zero-order valence-corrected chi connectivity index (χ0v) is 9.59. The van der Waals surface area contributed by atoms with E-state index < -0.39 is 0 Å². The van der Waals surface area contributed by atoms with Crippen molar-refractivity contribution in [1.82, 2.24) is 0 Å². The highest BCUT2D eigenvalue weighted by molar-refractivity contribution is 5.43. The molecule has 1 aromatic rings. The maximum absolute atomic E-state index is 8.78. The van der Waals surface area contributed by atoms with Gasteiger partial charge in [0.1, 0.15) is 0 Å². The normalized spacial score (nSPS) is 7.00. The summed E-state index contributed by atoms with van der Waals surface area (Å²) in [4.78, 5) is 0. The van der Waals surface area contributed by atoms with E-state index in [1.165, 1.54) is 6.42 Å². The summed E-state index contributed by atoms with van der Waals surface area (Å²) in [6, 6.07) is 8.19. The molecule has 0 heterocycles. The van der Waals surface area contributed by atoms with Crippen LogP contribution in [0.15, 0.2) is 18.2 Å². The third-order valence-corrected chi connectivity index (χ3v) is 1.85. The van der Waals surface area contributed by atoms with E-state index in [1.54, 1.807) is 0 Å². The van der Waals surface area contributed by atoms with Crippen molar-refractivity contribution in [1.29, 1.82) is 5.26 Å². The van der Waals surface area contributed by atoms with Crippen LogP contribution in [-0.4, -0.2) is 0 Å². The fourth-order valence-electron chi connectivity index (χ4n) is 1.18. The minimum absolute atomic E-state index is 0. The molecule has 17 heavy (non-hydrogen) atoms. The van der Waals surface area contributed by atoms with E-state index in [4.69, 9.17) is 5.26 Å². The molecule has 0 saturated carbocycles. The first kappa shape index (κ1) is 24.8. The zero-order valence-electron chi connectivity index (χ0n) is 9.59. The van der Waals surface area contributed by atoms with Crippen molar-refractivity contribution in [3.05, 3.63) is 34.9 Å². The van der Waals surface area contributed by atoms with Gasteiger partial charge in [-0.25, -0.2) is 0 Å². The Hall–Kier alpha value is -1.29. The first-order valence-electron chi connectivity index (χ1n) is 5.19. The summed E-state index contributed by atoms with van der Waals surface area (Å²) in [6.45, 7) is 8.29. The van der Waals surface area contributed by atoms with Crippen LogP contribution in [0, 0.1) is 18.3 Å². The number of rotatable bonds is 1. The molecule has 0 radical (unpaired) electrons. The van der Waals surface area contributed by atoms with Gasteiger partial charge in [0.25, 0.3) is 0 Å².